The molecule has 0 amide bonds. The molecule has 0 saturated heterocycles. The number of nitrogens with one attached hydrogen (secondary N) is 1. The first kappa shape index (κ1) is 23.2. The zero-order chi connectivity index (χ0) is 24.6. The van der Waals surface area contributed by atoms with Crippen molar-refractivity contribution in [2.45, 2.75) is 29.3 Å². The number of carboxylic acids is 1. The summed E-state index contributed by atoms with van der Waals surface area (Å²) >= 11 is 5.96. The van der Waals surface area contributed by atoms with Gasteiger partial charge in [-0.3, -0.25) is 4.79 Å². The number of tetrazole rings is 1. The van der Waals surface area contributed by atoms with E-state index in [0.717, 1.165) is 21.0 Å². The van der Waals surface area contributed by atoms with Crippen LogP contribution in [0.4, 0.5) is 0 Å². The average molecular weight is 510 g/mol. The SMILES string of the molecule is O=C(O)[C@@]1(N(Cc2nn[nH]n2)S(=O)(=O)c2ccc(-c3ccc(Cl)cc3)cc2)C[C@H]1c1ccccc1. The Kier molecular flexibility index (Phi) is 5.87. The predicted octanol–water partition coefficient (Wildman–Crippen LogP) is 3.72. The zero-order valence-corrected chi connectivity index (χ0v) is 19.8. The molecule has 178 valence electrons. The highest BCUT2D eigenvalue weighted by molar-refractivity contribution is 7.89. The van der Waals surface area contributed by atoms with Crippen molar-refractivity contribution < 1.29 is 18.3 Å². The molecule has 1 aliphatic rings. The van der Waals surface area contributed by atoms with Crippen molar-refractivity contribution in [3.05, 3.63) is 95.3 Å². The smallest absolute Gasteiger partial charge is 0.325 e. The Morgan fingerprint density at radius 1 is 1.03 bits per heavy atom. The predicted molar refractivity (Wildman–Crippen MR) is 128 cm³/mol. The van der Waals surface area contributed by atoms with Crippen LogP contribution in [-0.4, -0.2) is 50.0 Å². The summed E-state index contributed by atoms with van der Waals surface area (Å²) in [6.07, 6.45) is 0.131. The van der Waals surface area contributed by atoms with E-state index >= 15 is 0 Å². The third-order valence-electron chi connectivity index (χ3n) is 6.24. The molecule has 0 spiro atoms. The third kappa shape index (κ3) is 4.20. The van der Waals surface area contributed by atoms with Crippen molar-refractivity contribution in [2.24, 2.45) is 0 Å². The second kappa shape index (κ2) is 8.88. The summed E-state index contributed by atoms with van der Waals surface area (Å²) in [5.74, 6) is -1.67. The van der Waals surface area contributed by atoms with Crippen LogP contribution in [0.5, 0.6) is 0 Å². The number of carbonyl (C=O) groups is 1. The molecule has 1 saturated carbocycles. The van der Waals surface area contributed by atoms with Crippen LogP contribution in [0.15, 0.2) is 83.8 Å². The molecular formula is C24H20ClN5O4S. The Morgan fingerprint density at radius 2 is 1.66 bits per heavy atom. The lowest BCUT2D eigenvalue weighted by molar-refractivity contribution is -0.143. The van der Waals surface area contributed by atoms with Gasteiger partial charge in [-0.2, -0.15) is 9.52 Å². The summed E-state index contributed by atoms with van der Waals surface area (Å²) < 4.78 is 28.7. The molecule has 0 radical (unpaired) electrons. The van der Waals surface area contributed by atoms with Gasteiger partial charge in [-0.25, -0.2) is 8.42 Å². The van der Waals surface area contributed by atoms with Crippen molar-refractivity contribution in [3.63, 3.8) is 0 Å². The molecule has 35 heavy (non-hydrogen) atoms. The van der Waals surface area contributed by atoms with Gasteiger partial charge in [0.05, 0.1) is 11.4 Å². The molecule has 11 heteroatoms. The Morgan fingerprint density at radius 3 is 2.23 bits per heavy atom. The van der Waals surface area contributed by atoms with Gasteiger partial charge in [-0.1, -0.05) is 71.4 Å². The maximum atomic E-state index is 13.9. The number of H-pyrrole nitrogens is 1. The van der Waals surface area contributed by atoms with Crippen molar-refractivity contribution in [1.29, 1.82) is 0 Å². The molecular weight excluding hydrogens is 490 g/mol. The van der Waals surface area contributed by atoms with E-state index in [2.05, 4.69) is 20.6 Å². The van der Waals surface area contributed by atoms with E-state index in [1.165, 1.54) is 12.1 Å². The lowest BCUT2D eigenvalue weighted by Gasteiger charge is -2.28. The summed E-state index contributed by atoms with van der Waals surface area (Å²) in [5.41, 5.74) is 0.749. The number of nitrogens with zero attached hydrogens (tertiary/aromatic N) is 4. The van der Waals surface area contributed by atoms with Crippen LogP contribution in [0.2, 0.25) is 5.02 Å². The highest BCUT2D eigenvalue weighted by Gasteiger charge is 2.68. The van der Waals surface area contributed by atoms with E-state index < -0.39 is 27.4 Å². The number of aliphatic carboxylic acids is 1. The number of aromatic nitrogens is 4. The second-order valence-electron chi connectivity index (χ2n) is 8.27. The third-order valence-corrected chi connectivity index (χ3v) is 8.40. The minimum absolute atomic E-state index is 0.0296. The minimum atomic E-state index is -4.25. The lowest BCUT2D eigenvalue weighted by Crippen LogP contribution is -2.48. The fraction of sp³-hybridized carbons (Fsp3) is 0.167. The van der Waals surface area contributed by atoms with E-state index in [1.807, 2.05) is 18.2 Å². The largest absolute Gasteiger partial charge is 0.480 e. The number of aromatic amines is 1. The fourth-order valence-corrected chi connectivity index (χ4v) is 6.21. The first-order valence-corrected chi connectivity index (χ1v) is 12.5. The van der Waals surface area contributed by atoms with Crippen LogP contribution in [0, 0.1) is 0 Å². The molecule has 1 aromatic heterocycles. The Labute approximate surface area is 206 Å². The van der Waals surface area contributed by atoms with Crippen LogP contribution in [0.3, 0.4) is 0 Å². The van der Waals surface area contributed by atoms with Crippen LogP contribution in [0.25, 0.3) is 11.1 Å². The molecule has 1 aliphatic carbocycles. The van der Waals surface area contributed by atoms with Gasteiger partial charge in [0.25, 0.3) is 0 Å². The van der Waals surface area contributed by atoms with E-state index in [4.69, 9.17) is 11.6 Å². The molecule has 2 N–H and O–H groups in total. The lowest BCUT2D eigenvalue weighted by atomic mass is 10.1. The van der Waals surface area contributed by atoms with E-state index in [1.54, 1.807) is 48.5 Å². The number of hydrogen-bond donors (Lipinski definition) is 2. The summed E-state index contributed by atoms with van der Waals surface area (Å²) in [4.78, 5) is 12.6. The first-order chi connectivity index (χ1) is 16.8. The van der Waals surface area contributed by atoms with Gasteiger partial charge < -0.3 is 5.11 Å². The molecule has 5 rings (SSSR count). The van der Waals surface area contributed by atoms with Crippen molar-refractivity contribution in [2.75, 3.05) is 0 Å². The van der Waals surface area contributed by atoms with Crippen molar-refractivity contribution >= 4 is 27.6 Å². The average Bonchev–Trinajstić information content (AvgIpc) is 3.41. The molecule has 1 heterocycles. The quantitative estimate of drug-likeness (QED) is 0.370. The van der Waals surface area contributed by atoms with Crippen LogP contribution in [0.1, 0.15) is 23.7 Å². The number of benzene rings is 3. The summed E-state index contributed by atoms with van der Waals surface area (Å²) in [6, 6.07) is 22.5. The van der Waals surface area contributed by atoms with Gasteiger partial charge in [0.2, 0.25) is 10.0 Å². The second-order valence-corrected chi connectivity index (χ2v) is 10.6. The zero-order valence-electron chi connectivity index (χ0n) is 18.2. The normalized spacial score (nSPS) is 19.5. The number of carboxylic acid groups (broad SMARTS) is 1. The highest BCUT2D eigenvalue weighted by Crippen LogP contribution is 2.57. The molecule has 2 atom stereocenters. The Balaban J connectivity index is 1.55. The fourth-order valence-electron chi connectivity index (χ4n) is 4.36. The van der Waals surface area contributed by atoms with E-state index in [-0.39, 0.29) is 23.7 Å². The maximum absolute atomic E-state index is 13.9. The minimum Gasteiger partial charge on any atom is -0.480 e. The molecule has 4 aromatic rings. The number of sulfonamides is 1. The number of rotatable bonds is 8. The molecule has 0 unspecified atom stereocenters. The highest BCUT2D eigenvalue weighted by atomic mass is 35.5. The standard InChI is InChI=1S/C24H20ClN5O4S/c25-19-10-6-16(7-11-19)17-8-12-20(13-9-17)35(33,34)30(15-22-26-28-29-27-22)24(23(31)32)14-21(24)18-4-2-1-3-5-18/h1-13,21H,14-15H2,(H,31,32)(H,26,27,28,29)/t21-,24+/m0/s1. The Hall–Kier alpha value is -3.60. The van der Waals surface area contributed by atoms with Crippen molar-refractivity contribution in [1.82, 2.24) is 24.9 Å². The first-order valence-electron chi connectivity index (χ1n) is 10.7. The van der Waals surface area contributed by atoms with Gasteiger partial charge in [-0.05, 0) is 47.4 Å². The van der Waals surface area contributed by atoms with Gasteiger partial charge >= 0.3 is 5.97 Å². The van der Waals surface area contributed by atoms with Gasteiger partial charge in [-0.15, -0.1) is 10.2 Å². The summed E-state index contributed by atoms with van der Waals surface area (Å²) in [6.45, 7) is -0.340. The monoisotopic (exact) mass is 509 g/mol. The molecule has 0 aliphatic heterocycles. The maximum Gasteiger partial charge on any atom is 0.325 e. The molecule has 3 aromatic carbocycles. The van der Waals surface area contributed by atoms with Gasteiger partial charge in [0.1, 0.15) is 5.54 Å². The summed E-state index contributed by atoms with van der Waals surface area (Å²) in [5, 5.41) is 24.4. The molecule has 0 bridgehead atoms. The van der Waals surface area contributed by atoms with Gasteiger partial charge in [0, 0.05) is 10.9 Å². The number of hydrogen-bond acceptors (Lipinski definition) is 6. The van der Waals surface area contributed by atoms with Crippen molar-refractivity contribution in [3.8, 4) is 11.1 Å². The van der Waals surface area contributed by atoms with Crippen LogP contribution >= 0.6 is 11.6 Å². The molecule has 9 nitrogen and oxygen atoms in total. The Bertz CT molecular complexity index is 1450. The topological polar surface area (TPSA) is 129 Å². The van der Waals surface area contributed by atoms with Crippen LogP contribution in [-0.2, 0) is 21.4 Å². The van der Waals surface area contributed by atoms with E-state index in [9.17, 15) is 18.3 Å². The number of halogens is 1. The van der Waals surface area contributed by atoms with E-state index in [0.29, 0.717) is 5.02 Å². The molecule has 1 fully saturated rings. The van der Waals surface area contributed by atoms with Gasteiger partial charge in [0.15, 0.2) is 5.82 Å². The van der Waals surface area contributed by atoms with Crippen LogP contribution < -0.4 is 0 Å². The summed E-state index contributed by atoms with van der Waals surface area (Å²) in [7, 11) is -4.25.